The Morgan fingerprint density at radius 2 is 1.62 bits per heavy atom. The molecule has 0 radical (unpaired) electrons. The van der Waals surface area contributed by atoms with Crippen molar-refractivity contribution < 1.29 is 37.1 Å². The number of rotatable bonds is 15. The normalized spacial score (nSPS) is 23.0. The molecule has 1 heterocycles. The number of hydrogen-bond acceptors (Lipinski definition) is 8. The van der Waals surface area contributed by atoms with Gasteiger partial charge in [0.25, 0.3) is 5.91 Å². The molecule has 14 heteroatoms. The highest BCUT2D eigenvalue weighted by molar-refractivity contribution is 7.91. The average molecular weight is 684 g/mol. The minimum Gasteiger partial charge on any atom is -0.371 e. The molecule has 2 unspecified atom stereocenters. The summed E-state index contributed by atoms with van der Waals surface area (Å²) < 4.78 is 32.2. The molecular weight excluding hydrogens is 626 g/mol. The van der Waals surface area contributed by atoms with Crippen molar-refractivity contribution >= 4 is 39.4 Å². The van der Waals surface area contributed by atoms with E-state index in [-0.39, 0.29) is 36.3 Å². The molecule has 2 aliphatic carbocycles. The quantitative estimate of drug-likeness (QED) is 0.189. The molecule has 5 amide bonds. The first kappa shape index (κ1) is 38.7. The zero-order chi connectivity index (χ0) is 35.2. The fourth-order valence-electron chi connectivity index (χ4n) is 6.83. The number of amides is 5. The van der Waals surface area contributed by atoms with E-state index in [2.05, 4.69) is 16.0 Å². The fraction of sp³-hybridized carbons (Fsp3) is 0.848. The first-order chi connectivity index (χ1) is 21.8. The van der Waals surface area contributed by atoms with Crippen LogP contribution in [0.1, 0.15) is 112 Å². The third kappa shape index (κ3) is 11.7. The SMILES string of the molecule is CC(C)CCS(=O)(=O)CC1(NC(=O)N[C@@H](C)C(=O)N2CC(OC(C)(C)C)C[C@H]2C(=O)NC(CC2CCC2)C(=O)C(N)=O)CCCCC1. The van der Waals surface area contributed by atoms with Gasteiger partial charge in [-0.2, -0.15) is 0 Å². The van der Waals surface area contributed by atoms with Crippen molar-refractivity contribution in [1.29, 1.82) is 0 Å². The van der Waals surface area contributed by atoms with Crippen LogP contribution in [0.4, 0.5) is 4.79 Å². The summed E-state index contributed by atoms with van der Waals surface area (Å²) in [7, 11) is -3.43. The van der Waals surface area contributed by atoms with E-state index in [4.69, 9.17) is 10.5 Å². The lowest BCUT2D eigenvalue weighted by atomic mass is 9.80. The van der Waals surface area contributed by atoms with Gasteiger partial charge in [0, 0.05) is 13.0 Å². The molecule has 0 aromatic rings. The van der Waals surface area contributed by atoms with Crippen LogP contribution in [0.5, 0.6) is 0 Å². The van der Waals surface area contributed by atoms with Crippen LogP contribution in [0, 0.1) is 11.8 Å². The first-order valence-corrected chi connectivity index (χ1v) is 19.0. The molecule has 3 rings (SSSR count). The summed E-state index contributed by atoms with van der Waals surface area (Å²) in [5.74, 6) is -2.81. The smallest absolute Gasteiger partial charge is 0.315 e. The van der Waals surface area contributed by atoms with Crippen molar-refractivity contribution in [2.45, 2.75) is 148 Å². The van der Waals surface area contributed by atoms with Crippen molar-refractivity contribution in [3.05, 3.63) is 0 Å². The van der Waals surface area contributed by atoms with Crippen molar-refractivity contribution in [3.8, 4) is 0 Å². The van der Waals surface area contributed by atoms with Gasteiger partial charge in [-0.3, -0.25) is 19.2 Å². The lowest BCUT2D eigenvalue weighted by Gasteiger charge is -2.38. The molecular formula is C33H57N5O8S. The lowest BCUT2D eigenvalue weighted by molar-refractivity contribution is -0.142. The topological polar surface area (TPSA) is 194 Å². The van der Waals surface area contributed by atoms with Gasteiger partial charge in [0.05, 0.1) is 34.8 Å². The Kier molecular flexibility index (Phi) is 13.3. The Hall–Kier alpha value is -2.74. The van der Waals surface area contributed by atoms with Gasteiger partial charge in [-0.15, -0.1) is 0 Å². The summed E-state index contributed by atoms with van der Waals surface area (Å²) >= 11 is 0. The van der Waals surface area contributed by atoms with Crippen molar-refractivity contribution in [3.63, 3.8) is 0 Å². The third-order valence-electron chi connectivity index (χ3n) is 9.45. The monoisotopic (exact) mass is 683 g/mol. The van der Waals surface area contributed by atoms with Gasteiger partial charge in [-0.05, 0) is 65.2 Å². The van der Waals surface area contributed by atoms with Gasteiger partial charge in [-0.1, -0.05) is 52.4 Å². The summed E-state index contributed by atoms with van der Waals surface area (Å²) in [4.78, 5) is 66.5. The number of likely N-dealkylation sites (tertiary alicyclic amines) is 1. The van der Waals surface area contributed by atoms with E-state index >= 15 is 0 Å². The Morgan fingerprint density at radius 3 is 2.15 bits per heavy atom. The van der Waals surface area contributed by atoms with E-state index in [9.17, 15) is 32.4 Å². The van der Waals surface area contributed by atoms with Crippen LogP contribution in [0.15, 0.2) is 0 Å². The highest BCUT2D eigenvalue weighted by Crippen LogP contribution is 2.32. The van der Waals surface area contributed by atoms with Gasteiger partial charge in [0.2, 0.25) is 17.6 Å². The number of ether oxygens (including phenoxy) is 1. The number of carbonyl (C=O) groups excluding carboxylic acids is 5. The molecule has 4 atom stereocenters. The Bertz CT molecular complexity index is 1250. The Balaban J connectivity index is 1.74. The van der Waals surface area contributed by atoms with Gasteiger partial charge in [0.1, 0.15) is 12.1 Å². The van der Waals surface area contributed by atoms with Crippen molar-refractivity contribution in [2.75, 3.05) is 18.1 Å². The highest BCUT2D eigenvalue weighted by atomic mass is 32.2. The molecule has 0 aromatic carbocycles. The molecule has 5 N–H and O–H groups in total. The van der Waals surface area contributed by atoms with E-state index in [1.165, 1.54) is 11.8 Å². The van der Waals surface area contributed by atoms with E-state index < -0.39 is 74.7 Å². The minimum atomic E-state index is -3.43. The van der Waals surface area contributed by atoms with E-state index in [0.717, 1.165) is 38.5 Å². The number of nitrogens with one attached hydrogen (secondary N) is 3. The molecule has 0 aromatic heterocycles. The summed E-state index contributed by atoms with van der Waals surface area (Å²) in [5, 5.41) is 8.29. The van der Waals surface area contributed by atoms with Gasteiger partial charge in [0.15, 0.2) is 9.84 Å². The number of sulfone groups is 1. The number of primary amides is 1. The molecule has 0 bridgehead atoms. The summed E-state index contributed by atoms with van der Waals surface area (Å²) in [5.41, 5.74) is 3.80. The van der Waals surface area contributed by atoms with Crippen molar-refractivity contribution in [2.24, 2.45) is 17.6 Å². The largest absolute Gasteiger partial charge is 0.371 e. The molecule has 47 heavy (non-hydrogen) atoms. The maximum atomic E-state index is 13.8. The second-order valence-electron chi connectivity index (χ2n) is 15.4. The average Bonchev–Trinajstić information content (AvgIpc) is 3.34. The maximum Gasteiger partial charge on any atom is 0.315 e. The molecule has 268 valence electrons. The molecule has 2 saturated carbocycles. The number of hydrogen-bond donors (Lipinski definition) is 4. The molecule has 0 spiro atoms. The van der Waals surface area contributed by atoms with Crippen LogP contribution >= 0.6 is 0 Å². The standard InChI is InChI=1S/C33H57N5O8S/c1-21(2)13-16-47(44,45)20-33(14-8-7-9-15-33)37-31(43)35-22(3)30(42)38-19-24(46-32(4,5)6)18-26(38)29(41)36-25(27(39)28(34)40)17-23-11-10-12-23/h21-26H,7-20H2,1-6H3,(H2,34,40)(H,36,41)(H2,35,37,43)/t22-,24?,25?,26-/m0/s1. The van der Waals surface area contributed by atoms with Crippen molar-refractivity contribution in [1.82, 2.24) is 20.9 Å². The Morgan fingerprint density at radius 1 is 0.979 bits per heavy atom. The number of ketones is 1. The summed E-state index contributed by atoms with van der Waals surface area (Å²) in [6.07, 6.45) is 6.88. The zero-order valence-corrected chi connectivity index (χ0v) is 29.9. The number of nitrogens with two attached hydrogens (primary N) is 1. The molecule has 13 nitrogen and oxygen atoms in total. The van der Waals surface area contributed by atoms with Crippen LogP contribution in [0.3, 0.4) is 0 Å². The lowest BCUT2D eigenvalue weighted by Crippen LogP contribution is -2.60. The van der Waals surface area contributed by atoms with Crippen LogP contribution < -0.4 is 21.7 Å². The second kappa shape index (κ2) is 16.1. The number of urea groups is 1. The van der Waals surface area contributed by atoms with Gasteiger partial charge < -0.3 is 31.3 Å². The molecule has 3 fully saturated rings. The first-order valence-electron chi connectivity index (χ1n) is 17.2. The molecule has 3 aliphatic rings. The summed E-state index contributed by atoms with van der Waals surface area (Å²) in [6.45, 7) is 11.1. The predicted octanol–water partition coefficient (Wildman–Crippen LogP) is 2.35. The fourth-order valence-corrected chi connectivity index (χ4v) is 9.01. The van der Waals surface area contributed by atoms with Crippen LogP contribution in [0.2, 0.25) is 0 Å². The zero-order valence-electron chi connectivity index (χ0n) is 29.1. The number of carbonyl (C=O) groups is 5. The third-order valence-corrected chi connectivity index (χ3v) is 11.3. The minimum absolute atomic E-state index is 0.0490. The van der Waals surface area contributed by atoms with Gasteiger partial charge in [-0.25, -0.2) is 13.2 Å². The van der Waals surface area contributed by atoms with E-state index in [1.54, 1.807) is 0 Å². The molecule has 1 aliphatic heterocycles. The second-order valence-corrected chi connectivity index (χ2v) is 17.5. The van der Waals surface area contributed by atoms with E-state index in [0.29, 0.717) is 25.7 Å². The highest BCUT2D eigenvalue weighted by Gasteiger charge is 2.45. The molecule has 1 saturated heterocycles. The van der Waals surface area contributed by atoms with Crippen LogP contribution in [-0.2, 0) is 33.8 Å². The maximum absolute atomic E-state index is 13.8. The van der Waals surface area contributed by atoms with Crippen LogP contribution in [0.25, 0.3) is 0 Å². The Labute approximate surface area is 280 Å². The number of nitrogens with zero attached hydrogens (tertiary/aromatic N) is 1. The van der Waals surface area contributed by atoms with E-state index in [1.807, 2.05) is 34.6 Å². The number of Topliss-reactive ketones (excluding diaryl/α,β-unsaturated/α-hetero) is 1. The van der Waals surface area contributed by atoms with Crippen LogP contribution in [-0.4, -0.2) is 96.3 Å². The van der Waals surface area contributed by atoms with Gasteiger partial charge >= 0.3 is 6.03 Å². The summed E-state index contributed by atoms with van der Waals surface area (Å²) in [6, 6.07) is -3.81. The predicted molar refractivity (Wildman–Crippen MR) is 178 cm³/mol.